The van der Waals surface area contributed by atoms with Gasteiger partial charge in [0.1, 0.15) is 0 Å². The number of nitrogens with one attached hydrogen (secondary N) is 2. The van der Waals surface area contributed by atoms with Crippen LogP contribution in [-0.4, -0.2) is 9.97 Å². The number of halogens is 1. The molecule has 0 amide bonds. The van der Waals surface area contributed by atoms with Gasteiger partial charge in [0.2, 0.25) is 0 Å². The first kappa shape index (κ1) is 15.2. The summed E-state index contributed by atoms with van der Waals surface area (Å²) in [6.07, 6.45) is 0. The van der Waals surface area contributed by atoms with Crippen LogP contribution in [0.3, 0.4) is 0 Å². The quantitative estimate of drug-likeness (QED) is 0.559. The molecule has 0 saturated carbocycles. The lowest BCUT2D eigenvalue weighted by molar-refractivity contribution is 1.09. The average Bonchev–Trinajstić information content (AvgIpc) is 3.02. The van der Waals surface area contributed by atoms with Gasteiger partial charge >= 0.3 is 0 Å². The lowest BCUT2D eigenvalue weighted by atomic mass is 10.1. The molecule has 4 rings (SSSR count). The van der Waals surface area contributed by atoms with Crippen LogP contribution < -0.4 is 10.9 Å². The molecule has 0 saturated heterocycles. The number of rotatable bonds is 3. The molecule has 2 aromatic heterocycles. The van der Waals surface area contributed by atoms with Crippen LogP contribution in [0.25, 0.3) is 21.1 Å². The zero-order valence-corrected chi connectivity index (χ0v) is 14.5. The Balaban J connectivity index is 1.65. The number of hydrogen-bond donors (Lipinski definition) is 2. The molecule has 2 N–H and O–H groups in total. The first-order chi connectivity index (χ1) is 11.6. The Kier molecular flexibility index (Phi) is 3.75. The van der Waals surface area contributed by atoms with Crippen LogP contribution in [0, 0.1) is 6.92 Å². The predicted octanol–water partition coefficient (Wildman–Crippen LogP) is 4.71. The van der Waals surface area contributed by atoms with E-state index in [1.165, 1.54) is 10.3 Å². The maximum Gasteiger partial charge on any atom is 0.253 e. The molecule has 0 atom stereocenters. The highest BCUT2D eigenvalue weighted by atomic mass is 35.5. The molecule has 0 bridgehead atoms. The molecule has 24 heavy (non-hydrogen) atoms. The maximum absolute atomic E-state index is 12.2. The van der Waals surface area contributed by atoms with Crippen molar-refractivity contribution in [2.75, 3.05) is 5.32 Å². The minimum atomic E-state index is -0.0937. The van der Waals surface area contributed by atoms with E-state index in [4.69, 9.17) is 11.6 Å². The largest absolute Gasteiger partial charge is 0.381 e. The molecule has 0 aliphatic heterocycles. The number of aromatic nitrogens is 2. The van der Waals surface area contributed by atoms with E-state index in [-0.39, 0.29) is 5.56 Å². The molecule has 2 heterocycles. The second-order valence-electron chi connectivity index (χ2n) is 5.70. The third kappa shape index (κ3) is 2.77. The molecule has 0 spiro atoms. The minimum absolute atomic E-state index is 0.0937. The fourth-order valence-corrected chi connectivity index (χ4v) is 3.72. The summed E-state index contributed by atoms with van der Waals surface area (Å²) < 4.78 is 1.19. The SMILES string of the molecule is Cc1cc(NCc2cc3cc(Cl)ccc3[nH]c2=O)cc2ncsc12. The van der Waals surface area contributed by atoms with Crippen molar-refractivity contribution in [1.29, 1.82) is 0 Å². The molecule has 0 aliphatic rings. The molecule has 2 aromatic carbocycles. The third-order valence-corrected chi connectivity index (χ3v) is 5.20. The number of aromatic amines is 1. The van der Waals surface area contributed by atoms with Crippen molar-refractivity contribution in [1.82, 2.24) is 9.97 Å². The molecule has 6 heteroatoms. The maximum atomic E-state index is 12.2. The molecule has 0 radical (unpaired) electrons. The van der Waals surface area contributed by atoms with E-state index in [2.05, 4.69) is 28.3 Å². The fraction of sp³-hybridized carbons (Fsp3) is 0.111. The van der Waals surface area contributed by atoms with Crippen LogP contribution in [-0.2, 0) is 6.54 Å². The van der Waals surface area contributed by atoms with E-state index in [0.29, 0.717) is 17.1 Å². The second-order valence-corrected chi connectivity index (χ2v) is 6.99. The van der Waals surface area contributed by atoms with E-state index >= 15 is 0 Å². The minimum Gasteiger partial charge on any atom is -0.381 e. The molecule has 0 unspecified atom stereocenters. The van der Waals surface area contributed by atoms with Crippen molar-refractivity contribution in [2.45, 2.75) is 13.5 Å². The van der Waals surface area contributed by atoms with E-state index in [1.807, 2.05) is 29.8 Å². The van der Waals surface area contributed by atoms with E-state index in [9.17, 15) is 4.79 Å². The van der Waals surface area contributed by atoms with Gasteiger partial charge in [-0.3, -0.25) is 4.79 Å². The molecular formula is C18H14ClN3OS. The molecule has 4 nitrogen and oxygen atoms in total. The van der Waals surface area contributed by atoms with Crippen molar-refractivity contribution < 1.29 is 0 Å². The van der Waals surface area contributed by atoms with Gasteiger partial charge < -0.3 is 10.3 Å². The van der Waals surface area contributed by atoms with Crippen molar-refractivity contribution in [3.8, 4) is 0 Å². The summed E-state index contributed by atoms with van der Waals surface area (Å²) in [5.41, 5.74) is 6.31. The average molecular weight is 356 g/mol. The Morgan fingerprint density at radius 2 is 2.12 bits per heavy atom. The van der Waals surface area contributed by atoms with Gasteiger partial charge in [-0.1, -0.05) is 11.6 Å². The predicted molar refractivity (Wildman–Crippen MR) is 101 cm³/mol. The number of fused-ring (bicyclic) bond motifs is 2. The molecule has 4 aromatic rings. The van der Waals surface area contributed by atoms with Gasteiger partial charge in [0.15, 0.2) is 0 Å². The highest BCUT2D eigenvalue weighted by Gasteiger charge is 2.06. The lowest BCUT2D eigenvalue weighted by Crippen LogP contribution is -2.15. The van der Waals surface area contributed by atoms with Crippen molar-refractivity contribution >= 4 is 49.7 Å². The lowest BCUT2D eigenvalue weighted by Gasteiger charge is -2.08. The summed E-state index contributed by atoms with van der Waals surface area (Å²) in [6, 6.07) is 11.4. The number of benzene rings is 2. The summed E-state index contributed by atoms with van der Waals surface area (Å²) >= 11 is 7.67. The van der Waals surface area contributed by atoms with Gasteiger partial charge in [-0.2, -0.15) is 0 Å². The van der Waals surface area contributed by atoms with Gasteiger partial charge in [-0.15, -0.1) is 11.3 Å². The Bertz CT molecular complexity index is 1120. The van der Waals surface area contributed by atoms with Gasteiger partial charge in [-0.25, -0.2) is 4.98 Å². The Labute approximate surface area is 147 Å². The third-order valence-electron chi connectivity index (χ3n) is 3.98. The van der Waals surface area contributed by atoms with Crippen molar-refractivity contribution in [3.63, 3.8) is 0 Å². The fourth-order valence-electron chi connectivity index (χ4n) is 2.79. The molecular weight excluding hydrogens is 342 g/mol. The van der Waals surface area contributed by atoms with E-state index in [0.717, 1.165) is 22.1 Å². The zero-order chi connectivity index (χ0) is 16.7. The first-order valence-electron chi connectivity index (χ1n) is 7.49. The second kappa shape index (κ2) is 5.92. The Morgan fingerprint density at radius 3 is 3.00 bits per heavy atom. The number of H-pyrrole nitrogens is 1. The number of anilines is 1. The monoisotopic (exact) mass is 355 g/mol. The van der Waals surface area contributed by atoms with Crippen LogP contribution in [0.2, 0.25) is 5.02 Å². The number of hydrogen-bond acceptors (Lipinski definition) is 4. The van der Waals surface area contributed by atoms with E-state index < -0.39 is 0 Å². The topological polar surface area (TPSA) is 57.8 Å². The van der Waals surface area contributed by atoms with Gasteiger partial charge in [-0.05, 0) is 48.9 Å². The summed E-state index contributed by atoms with van der Waals surface area (Å²) in [5.74, 6) is 0. The summed E-state index contributed by atoms with van der Waals surface area (Å²) in [4.78, 5) is 19.5. The summed E-state index contributed by atoms with van der Waals surface area (Å²) in [7, 11) is 0. The summed E-state index contributed by atoms with van der Waals surface area (Å²) in [5, 5.41) is 4.89. The number of pyridine rings is 1. The van der Waals surface area contributed by atoms with Crippen LogP contribution in [0.1, 0.15) is 11.1 Å². The number of nitrogens with zero attached hydrogens (tertiary/aromatic N) is 1. The summed E-state index contributed by atoms with van der Waals surface area (Å²) in [6.45, 7) is 2.50. The Hall–Kier alpha value is -2.37. The number of aryl methyl sites for hydroxylation is 1. The van der Waals surface area contributed by atoms with E-state index in [1.54, 1.807) is 17.4 Å². The van der Waals surface area contributed by atoms with Gasteiger partial charge in [0.25, 0.3) is 5.56 Å². The van der Waals surface area contributed by atoms with Gasteiger partial charge in [0.05, 0.1) is 15.7 Å². The van der Waals surface area contributed by atoms with Crippen LogP contribution in [0.4, 0.5) is 5.69 Å². The highest BCUT2D eigenvalue weighted by molar-refractivity contribution is 7.16. The standard InChI is InChI=1S/C18H14ClN3OS/c1-10-4-14(7-16-17(10)24-9-21-16)20-8-12-5-11-6-13(19)2-3-15(11)22-18(12)23/h2-7,9,20H,8H2,1H3,(H,22,23). The normalized spacial score (nSPS) is 11.2. The Morgan fingerprint density at radius 1 is 1.25 bits per heavy atom. The van der Waals surface area contributed by atoms with Crippen molar-refractivity contribution in [2.24, 2.45) is 0 Å². The van der Waals surface area contributed by atoms with Crippen LogP contribution >= 0.6 is 22.9 Å². The smallest absolute Gasteiger partial charge is 0.253 e. The zero-order valence-electron chi connectivity index (χ0n) is 12.9. The van der Waals surface area contributed by atoms with Crippen molar-refractivity contribution in [3.05, 3.63) is 68.4 Å². The molecule has 0 fully saturated rings. The van der Waals surface area contributed by atoms with Gasteiger partial charge in [0, 0.05) is 33.7 Å². The van der Waals surface area contributed by atoms with Crippen LogP contribution in [0.5, 0.6) is 0 Å². The first-order valence-corrected chi connectivity index (χ1v) is 8.75. The van der Waals surface area contributed by atoms with Crippen LogP contribution in [0.15, 0.2) is 46.7 Å². The highest BCUT2D eigenvalue weighted by Crippen LogP contribution is 2.26. The molecule has 120 valence electrons. The molecule has 0 aliphatic carbocycles. The number of thiazole rings is 1.